The van der Waals surface area contributed by atoms with Crippen molar-refractivity contribution in [3.63, 3.8) is 0 Å². The van der Waals surface area contributed by atoms with Gasteiger partial charge in [-0.25, -0.2) is 0 Å². The van der Waals surface area contributed by atoms with Crippen molar-refractivity contribution in [3.8, 4) is 11.5 Å². The molecule has 0 spiro atoms. The Kier molecular flexibility index (Phi) is 8.52. The molecule has 1 fully saturated rings. The van der Waals surface area contributed by atoms with Gasteiger partial charge in [0.2, 0.25) is 5.91 Å². The van der Waals surface area contributed by atoms with Crippen LogP contribution in [0.1, 0.15) is 24.0 Å². The van der Waals surface area contributed by atoms with E-state index in [-0.39, 0.29) is 12.0 Å². The maximum absolute atomic E-state index is 12.1. The monoisotopic (exact) mass is 435 g/mol. The summed E-state index contributed by atoms with van der Waals surface area (Å²) >= 11 is 7.45. The van der Waals surface area contributed by atoms with Gasteiger partial charge >= 0.3 is 0 Å². The Labute approximate surface area is 181 Å². The zero-order valence-electron chi connectivity index (χ0n) is 16.5. The second kappa shape index (κ2) is 11.3. The summed E-state index contributed by atoms with van der Waals surface area (Å²) in [5, 5.41) is 3.66. The molecule has 0 aromatic heterocycles. The van der Waals surface area contributed by atoms with Gasteiger partial charge in [0.05, 0.1) is 19.0 Å². The lowest BCUT2D eigenvalue weighted by Crippen LogP contribution is -2.24. The third-order valence-corrected chi connectivity index (χ3v) is 5.84. The van der Waals surface area contributed by atoms with Gasteiger partial charge in [-0.3, -0.25) is 4.79 Å². The number of benzene rings is 2. The van der Waals surface area contributed by atoms with Gasteiger partial charge in [0.25, 0.3) is 0 Å². The fraction of sp³-hybridized carbons (Fsp3) is 0.409. The fourth-order valence-electron chi connectivity index (χ4n) is 2.99. The van der Waals surface area contributed by atoms with Crippen LogP contribution < -0.4 is 14.8 Å². The molecule has 0 aliphatic carbocycles. The van der Waals surface area contributed by atoms with Gasteiger partial charge in [-0.15, -0.1) is 11.8 Å². The minimum atomic E-state index is 0.00152. The van der Waals surface area contributed by atoms with Crippen molar-refractivity contribution in [2.75, 3.05) is 26.1 Å². The largest absolute Gasteiger partial charge is 0.493 e. The molecule has 1 saturated heterocycles. The van der Waals surface area contributed by atoms with Crippen LogP contribution in [0.2, 0.25) is 5.02 Å². The van der Waals surface area contributed by atoms with Crippen molar-refractivity contribution in [1.82, 2.24) is 5.32 Å². The van der Waals surface area contributed by atoms with Gasteiger partial charge in [-0.1, -0.05) is 29.8 Å². The van der Waals surface area contributed by atoms with Crippen LogP contribution in [0.15, 0.2) is 42.5 Å². The van der Waals surface area contributed by atoms with E-state index in [4.69, 9.17) is 25.8 Å². The minimum Gasteiger partial charge on any atom is -0.493 e. The number of ether oxygens (including phenoxy) is 3. The lowest BCUT2D eigenvalue weighted by molar-refractivity contribution is -0.118. The summed E-state index contributed by atoms with van der Waals surface area (Å²) in [4.78, 5) is 12.1. The molecule has 1 amide bonds. The molecular formula is C22H26ClNO4S. The molecule has 1 heterocycles. The van der Waals surface area contributed by atoms with Crippen molar-refractivity contribution < 1.29 is 19.0 Å². The number of methoxy groups -OCH3 is 1. The van der Waals surface area contributed by atoms with E-state index in [0.29, 0.717) is 30.4 Å². The van der Waals surface area contributed by atoms with E-state index in [0.717, 1.165) is 41.4 Å². The number of hydrogen-bond acceptors (Lipinski definition) is 5. The molecule has 2 aromatic carbocycles. The van der Waals surface area contributed by atoms with Gasteiger partial charge < -0.3 is 19.5 Å². The van der Waals surface area contributed by atoms with E-state index in [1.165, 1.54) is 0 Å². The first-order chi connectivity index (χ1) is 14.1. The number of carbonyl (C=O) groups excluding carboxylic acids is 1. The Morgan fingerprint density at radius 2 is 2.00 bits per heavy atom. The molecule has 3 rings (SSSR count). The Bertz CT molecular complexity index is 794. The molecule has 0 radical (unpaired) electrons. The molecule has 29 heavy (non-hydrogen) atoms. The molecule has 0 saturated carbocycles. The molecule has 1 unspecified atom stereocenters. The van der Waals surface area contributed by atoms with Gasteiger partial charge in [0.15, 0.2) is 11.5 Å². The summed E-state index contributed by atoms with van der Waals surface area (Å²) < 4.78 is 16.9. The molecular weight excluding hydrogens is 410 g/mol. The van der Waals surface area contributed by atoms with Crippen LogP contribution >= 0.6 is 23.4 Å². The van der Waals surface area contributed by atoms with Crippen molar-refractivity contribution in [2.45, 2.75) is 31.2 Å². The normalized spacial score (nSPS) is 15.9. The summed E-state index contributed by atoms with van der Waals surface area (Å²) in [7, 11) is 1.62. The minimum absolute atomic E-state index is 0.00152. The second-order valence-corrected chi connectivity index (χ2v) is 8.25. The van der Waals surface area contributed by atoms with Crippen LogP contribution in [0.5, 0.6) is 11.5 Å². The predicted octanol–water partition coefficient (Wildman–Crippen LogP) is 4.46. The van der Waals surface area contributed by atoms with E-state index in [2.05, 4.69) is 5.32 Å². The molecule has 1 aliphatic heterocycles. The Balaban J connectivity index is 1.41. The molecule has 5 nitrogen and oxygen atoms in total. The highest BCUT2D eigenvalue weighted by atomic mass is 35.5. The summed E-state index contributed by atoms with van der Waals surface area (Å²) in [6.45, 7) is 1.78. The number of halogens is 1. The highest BCUT2D eigenvalue weighted by molar-refractivity contribution is 7.99. The molecule has 1 atom stereocenters. The van der Waals surface area contributed by atoms with Gasteiger partial charge in [0.1, 0.15) is 6.61 Å². The van der Waals surface area contributed by atoms with E-state index < -0.39 is 0 Å². The van der Waals surface area contributed by atoms with Crippen molar-refractivity contribution in [2.24, 2.45) is 0 Å². The zero-order chi connectivity index (χ0) is 20.5. The Morgan fingerprint density at radius 3 is 2.72 bits per heavy atom. The average Bonchev–Trinajstić information content (AvgIpc) is 3.26. The third kappa shape index (κ3) is 7.14. The molecule has 2 aromatic rings. The van der Waals surface area contributed by atoms with E-state index in [1.807, 2.05) is 42.5 Å². The van der Waals surface area contributed by atoms with E-state index in [1.54, 1.807) is 18.9 Å². The summed E-state index contributed by atoms with van der Waals surface area (Å²) in [6.07, 6.45) is 2.27. The molecule has 7 heteroatoms. The lowest BCUT2D eigenvalue weighted by atomic mass is 10.2. The second-order valence-electron chi connectivity index (χ2n) is 6.83. The first kappa shape index (κ1) is 21.8. The molecule has 1 N–H and O–H groups in total. The number of hydrogen-bond donors (Lipinski definition) is 1. The number of carbonyl (C=O) groups is 1. The molecule has 1 aliphatic rings. The van der Waals surface area contributed by atoms with Gasteiger partial charge in [-0.05, 0) is 48.2 Å². The maximum atomic E-state index is 12.1. The van der Waals surface area contributed by atoms with Gasteiger partial charge in [0, 0.05) is 23.9 Å². The lowest BCUT2D eigenvalue weighted by Gasteiger charge is -2.15. The quantitative estimate of drug-likeness (QED) is 0.597. The highest BCUT2D eigenvalue weighted by Gasteiger charge is 2.17. The highest BCUT2D eigenvalue weighted by Crippen LogP contribution is 2.29. The SMILES string of the molecule is COc1cc(CNC(=O)CSCc2ccc(Cl)cc2)ccc1OCC1CCCO1. The third-order valence-electron chi connectivity index (χ3n) is 4.58. The standard InChI is InChI=1S/C22H26ClNO4S/c1-26-21-11-17(6-9-20(21)28-13-19-3-2-10-27-19)12-24-22(25)15-29-14-16-4-7-18(23)8-5-16/h4-9,11,19H,2-3,10,12-15H2,1H3,(H,24,25). The average molecular weight is 436 g/mol. The molecule has 0 bridgehead atoms. The Hall–Kier alpha value is -1.89. The number of nitrogens with one attached hydrogen (secondary N) is 1. The topological polar surface area (TPSA) is 56.8 Å². The summed E-state index contributed by atoms with van der Waals surface area (Å²) in [5.41, 5.74) is 2.11. The van der Waals surface area contributed by atoms with Crippen LogP contribution in [0, 0.1) is 0 Å². The van der Waals surface area contributed by atoms with Crippen LogP contribution in [-0.4, -0.2) is 38.1 Å². The van der Waals surface area contributed by atoms with E-state index in [9.17, 15) is 4.79 Å². The van der Waals surface area contributed by atoms with Crippen molar-refractivity contribution in [3.05, 3.63) is 58.6 Å². The number of thioether (sulfide) groups is 1. The first-order valence-electron chi connectivity index (χ1n) is 9.64. The van der Waals surface area contributed by atoms with Crippen LogP contribution in [-0.2, 0) is 21.8 Å². The summed E-state index contributed by atoms with van der Waals surface area (Å²) in [6, 6.07) is 13.4. The van der Waals surface area contributed by atoms with Crippen LogP contribution in [0.4, 0.5) is 0 Å². The van der Waals surface area contributed by atoms with Crippen molar-refractivity contribution >= 4 is 29.3 Å². The summed E-state index contributed by atoms with van der Waals surface area (Å²) in [5.74, 6) is 2.53. The molecule has 156 valence electrons. The van der Waals surface area contributed by atoms with E-state index >= 15 is 0 Å². The van der Waals surface area contributed by atoms with Gasteiger partial charge in [-0.2, -0.15) is 0 Å². The Morgan fingerprint density at radius 1 is 1.21 bits per heavy atom. The number of rotatable bonds is 10. The number of amides is 1. The predicted molar refractivity (Wildman–Crippen MR) is 117 cm³/mol. The first-order valence-corrected chi connectivity index (χ1v) is 11.2. The smallest absolute Gasteiger partial charge is 0.230 e. The van der Waals surface area contributed by atoms with Crippen LogP contribution in [0.3, 0.4) is 0 Å². The van der Waals surface area contributed by atoms with Crippen LogP contribution in [0.25, 0.3) is 0 Å². The van der Waals surface area contributed by atoms with Crippen molar-refractivity contribution in [1.29, 1.82) is 0 Å². The fourth-order valence-corrected chi connectivity index (χ4v) is 3.94. The zero-order valence-corrected chi connectivity index (χ0v) is 18.1. The maximum Gasteiger partial charge on any atom is 0.230 e.